The van der Waals surface area contributed by atoms with Crippen molar-refractivity contribution in [2.45, 2.75) is 24.4 Å². The average molecular weight is 549 g/mol. The summed E-state index contributed by atoms with van der Waals surface area (Å²) in [6, 6.07) is 18.4. The lowest BCUT2D eigenvalue weighted by atomic mass is 9.53. The maximum Gasteiger partial charge on any atom is 0.409 e. The second kappa shape index (κ2) is 8.71. The first kappa shape index (κ1) is 23.2. The van der Waals surface area contributed by atoms with E-state index in [-0.39, 0.29) is 24.0 Å². The van der Waals surface area contributed by atoms with Gasteiger partial charge < -0.3 is 19.5 Å². The molecular formula is C28H25BrN2O5. The molecule has 1 spiro atoms. The zero-order valence-corrected chi connectivity index (χ0v) is 21.1. The van der Waals surface area contributed by atoms with E-state index in [1.54, 1.807) is 17.3 Å². The number of amides is 1. The van der Waals surface area contributed by atoms with Crippen molar-refractivity contribution in [2.75, 3.05) is 26.3 Å². The molecule has 2 heterocycles. The quantitative estimate of drug-likeness (QED) is 0.456. The first-order chi connectivity index (χ1) is 17.4. The van der Waals surface area contributed by atoms with Crippen LogP contribution in [0.5, 0.6) is 0 Å². The molecule has 1 aromatic heterocycles. The summed E-state index contributed by atoms with van der Waals surface area (Å²) in [6.45, 7) is 1.07. The van der Waals surface area contributed by atoms with Gasteiger partial charge in [0.15, 0.2) is 0 Å². The number of hydrogen-bond donors (Lipinski definition) is 1. The topological polar surface area (TPSA) is 89.0 Å². The molecule has 1 saturated carbocycles. The summed E-state index contributed by atoms with van der Waals surface area (Å²) >= 11 is 3.53. The molecule has 0 unspecified atom stereocenters. The van der Waals surface area contributed by atoms with Crippen molar-refractivity contribution >= 4 is 28.0 Å². The number of nitrogens with zero attached hydrogens (tertiary/aromatic N) is 2. The third-order valence-electron chi connectivity index (χ3n) is 7.70. The predicted molar refractivity (Wildman–Crippen MR) is 136 cm³/mol. The first-order valence-corrected chi connectivity index (χ1v) is 12.7. The number of aromatic nitrogens is 1. The number of pyridine rings is 1. The molecule has 184 valence electrons. The summed E-state index contributed by atoms with van der Waals surface area (Å²) < 4.78 is 12.5. The molecule has 0 atom stereocenters. The van der Waals surface area contributed by atoms with Gasteiger partial charge in [-0.05, 0) is 57.1 Å². The molecule has 6 rings (SSSR count). The monoisotopic (exact) mass is 548 g/mol. The Morgan fingerprint density at radius 2 is 1.67 bits per heavy atom. The Morgan fingerprint density at radius 1 is 1.03 bits per heavy atom. The van der Waals surface area contributed by atoms with Crippen molar-refractivity contribution < 1.29 is 24.2 Å². The lowest BCUT2D eigenvalue weighted by Gasteiger charge is -2.63. The van der Waals surface area contributed by atoms with Crippen LogP contribution < -0.4 is 0 Å². The molecule has 7 nitrogen and oxygen atoms in total. The number of hydrogen-bond acceptors (Lipinski definition) is 5. The van der Waals surface area contributed by atoms with E-state index in [1.807, 2.05) is 30.3 Å². The van der Waals surface area contributed by atoms with Gasteiger partial charge in [-0.25, -0.2) is 9.59 Å². The maximum atomic E-state index is 12.9. The molecule has 3 aromatic rings. The highest BCUT2D eigenvalue weighted by Crippen LogP contribution is 2.61. The minimum Gasteiger partial charge on any atom is -0.480 e. The predicted octanol–water partition coefficient (Wildman–Crippen LogP) is 5.19. The third kappa shape index (κ3) is 3.79. The Morgan fingerprint density at radius 3 is 2.28 bits per heavy atom. The van der Waals surface area contributed by atoms with E-state index >= 15 is 0 Å². The average Bonchev–Trinajstić information content (AvgIpc) is 3.15. The fourth-order valence-corrected chi connectivity index (χ4v) is 6.89. The molecule has 0 radical (unpaired) electrons. The van der Waals surface area contributed by atoms with Gasteiger partial charge in [0.1, 0.15) is 13.2 Å². The highest BCUT2D eigenvalue weighted by Gasteiger charge is 2.63. The molecule has 1 aliphatic heterocycles. The highest BCUT2D eigenvalue weighted by atomic mass is 79.9. The van der Waals surface area contributed by atoms with E-state index in [1.165, 1.54) is 22.3 Å². The van der Waals surface area contributed by atoms with Gasteiger partial charge in [0.05, 0.1) is 5.60 Å². The fourth-order valence-electron chi connectivity index (χ4n) is 6.28. The van der Waals surface area contributed by atoms with Crippen LogP contribution in [0, 0.1) is 5.41 Å². The summed E-state index contributed by atoms with van der Waals surface area (Å²) in [6.07, 6.45) is 4.35. The van der Waals surface area contributed by atoms with E-state index in [0.29, 0.717) is 32.5 Å². The van der Waals surface area contributed by atoms with Crippen LogP contribution in [-0.4, -0.2) is 53.4 Å². The van der Waals surface area contributed by atoms with E-state index in [0.717, 1.165) is 10.0 Å². The number of aliphatic carboxylic acids is 1. The fraction of sp³-hybridized carbons (Fsp3) is 0.321. The third-order valence-corrected chi connectivity index (χ3v) is 8.34. The second-order valence-electron chi connectivity index (χ2n) is 10.0. The number of carboxylic acids is 1. The Hall–Kier alpha value is -3.23. The van der Waals surface area contributed by atoms with Gasteiger partial charge in [0.25, 0.3) is 0 Å². The summed E-state index contributed by atoms with van der Waals surface area (Å²) in [5, 5.41) is 9.18. The Labute approximate surface area is 217 Å². The van der Waals surface area contributed by atoms with Gasteiger partial charge in [-0.1, -0.05) is 48.5 Å². The smallest absolute Gasteiger partial charge is 0.409 e. The minimum absolute atomic E-state index is 0.0291. The van der Waals surface area contributed by atoms with Crippen LogP contribution in [0.15, 0.2) is 71.5 Å². The lowest BCUT2D eigenvalue weighted by molar-refractivity contribution is -0.219. The van der Waals surface area contributed by atoms with Crippen molar-refractivity contribution in [3.63, 3.8) is 0 Å². The largest absolute Gasteiger partial charge is 0.480 e. The van der Waals surface area contributed by atoms with E-state index < -0.39 is 11.6 Å². The number of likely N-dealkylation sites (tertiary alicyclic amines) is 1. The van der Waals surface area contributed by atoms with Gasteiger partial charge in [0.2, 0.25) is 0 Å². The molecule has 1 saturated heterocycles. The lowest BCUT2D eigenvalue weighted by Crippen LogP contribution is -2.68. The van der Waals surface area contributed by atoms with Crippen molar-refractivity contribution in [2.24, 2.45) is 5.41 Å². The number of benzene rings is 2. The zero-order valence-electron chi connectivity index (χ0n) is 19.5. The number of carbonyl (C=O) groups excluding carboxylic acids is 1. The van der Waals surface area contributed by atoms with Crippen LogP contribution in [0.3, 0.4) is 0 Å². The molecule has 2 fully saturated rings. The van der Waals surface area contributed by atoms with Crippen LogP contribution >= 0.6 is 15.9 Å². The molecular weight excluding hydrogens is 524 g/mol. The maximum absolute atomic E-state index is 12.9. The molecule has 3 aliphatic rings. The van der Waals surface area contributed by atoms with Gasteiger partial charge in [-0.2, -0.15) is 0 Å². The van der Waals surface area contributed by atoms with Crippen LogP contribution in [0.25, 0.3) is 11.1 Å². The molecule has 1 amide bonds. The summed E-state index contributed by atoms with van der Waals surface area (Å²) in [7, 11) is 0. The van der Waals surface area contributed by atoms with E-state index in [9.17, 15) is 14.7 Å². The zero-order chi connectivity index (χ0) is 24.9. The van der Waals surface area contributed by atoms with E-state index in [2.05, 4.69) is 45.2 Å². The molecule has 2 aliphatic carbocycles. The van der Waals surface area contributed by atoms with Crippen molar-refractivity contribution in [3.05, 3.63) is 88.2 Å². The van der Waals surface area contributed by atoms with Gasteiger partial charge in [0, 0.05) is 46.9 Å². The van der Waals surface area contributed by atoms with Crippen molar-refractivity contribution in [1.29, 1.82) is 0 Å². The highest BCUT2D eigenvalue weighted by molar-refractivity contribution is 9.10. The Balaban J connectivity index is 1.10. The van der Waals surface area contributed by atoms with Gasteiger partial charge >= 0.3 is 12.1 Å². The van der Waals surface area contributed by atoms with Crippen LogP contribution in [-0.2, 0) is 19.9 Å². The minimum atomic E-state index is -1.01. The Kier molecular flexibility index (Phi) is 5.61. The van der Waals surface area contributed by atoms with Gasteiger partial charge in [-0.15, -0.1) is 0 Å². The summed E-state index contributed by atoms with van der Waals surface area (Å²) in [5.41, 5.74) is 4.88. The molecule has 1 N–H and O–H groups in total. The number of fused-ring (bicyclic) bond motifs is 3. The Bertz CT molecular complexity index is 1300. The van der Waals surface area contributed by atoms with E-state index in [4.69, 9.17) is 9.47 Å². The number of carboxylic acid groups (broad SMARTS) is 1. The molecule has 2 aromatic carbocycles. The number of rotatable bonds is 6. The van der Waals surface area contributed by atoms with Crippen molar-refractivity contribution in [3.8, 4) is 11.1 Å². The molecule has 36 heavy (non-hydrogen) atoms. The normalized spacial score (nSPS) is 18.6. The first-order valence-electron chi connectivity index (χ1n) is 12.0. The molecule has 8 heteroatoms. The van der Waals surface area contributed by atoms with Crippen LogP contribution in [0.1, 0.15) is 35.4 Å². The summed E-state index contributed by atoms with van der Waals surface area (Å²) in [4.78, 5) is 30.0. The number of halogens is 1. The summed E-state index contributed by atoms with van der Waals surface area (Å²) in [5.74, 6) is -0.976. The van der Waals surface area contributed by atoms with Crippen molar-refractivity contribution in [1.82, 2.24) is 9.88 Å². The SMILES string of the molecule is O=C(O)COC1(c2ccncc2Br)CC2(CN(C(=O)OCC3c4ccccc4-c4ccccc43)C2)C1. The van der Waals surface area contributed by atoms with Crippen LogP contribution in [0.2, 0.25) is 0 Å². The molecule has 0 bridgehead atoms. The van der Waals surface area contributed by atoms with Gasteiger partial charge in [-0.3, -0.25) is 4.98 Å². The number of ether oxygens (including phenoxy) is 2. The standard InChI is InChI=1S/C28H25BrN2O5/c29-24-11-30-10-9-23(24)28(36-13-25(32)33)14-27(15-28)16-31(17-27)26(34)35-12-22-20-7-3-1-5-18(20)19-6-2-4-8-21(19)22/h1-11,22H,12-17H2,(H,32,33). The number of carbonyl (C=O) groups is 2. The van der Waals surface area contributed by atoms with Crippen LogP contribution in [0.4, 0.5) is 4.79 Å². The second-order valence-corrected chi connectivity index (χ2v) is 10.9.